The van der Waals surface area contributed by atoms with E-state index in [9.17, 15) is 4.79 Å². The summed E-state index contributed by atoms with van der Waals surface area (Å²) in [5, 5.41) is 1.28. The number of para-hydroxylation sites is 1. The summed E-state index contributed by atoms with van der Waals surface area (Å²) in [5.74, 6) is 1.39. The molecule has 27 heavy (non-hydrogen) atoms. The number of aromatic nitrogens is 3. The molecule has 1 aliphatic heterocycles. The van der Waals surface area contributed by atoms with Gasteiger partial charge >= 0.3 is 0 Å². The SMILES string of the molecule is C=CCn1cc(CN2CCc3nc(C4CC4)[nH]c(=O)c3C2)c2ccccc21. The number of rotatable bonds is 5. The van der Waals surface area contributed by atoms with Gasteiger partial charge in [-0.1, -0.05) is 24.3 Å². The fourth-order valence-corrected chi connectivity index (χ4v) is 4.17. The highest BCUT2D eigenvalue weighted by Gasteiger charge is 2.29. The number of fused-ring (bicyclic) bond motifs is 2. The molecule has 0 spiro atoms. The number of aromatic amines is 1. The highest BCUT2D eigenvalue weighted by molar-refractivity contribution is 5.84. The first-order valence-electron chi connectivity index (χ1n) is 9.75. The molecule has 2 aliphatic rings. The van der Waals surface area contributed by atoms with Gasteiger partial charge in [-0.05, 0) is 24.5 Å². The normalized spacial score (nSPS) is 17.2. The Hall–Kier alpha value is -2.66. The Kier molecular flexibility index (Phi) is 3.97. The predicted molar refractivity (Wildman–Crippen MR) is 107 cm³/mol. The average Bonchev–Trinajstić information content (AvgIpc) is 3.48. The third-order valence-corrected chi connectivity index (χ3v) is 5.72. The largest absolute Gasteiger partial charge is 0.343 e. The van der Waals surface area contributed by atoms with Gasteiger partial charge in [0.1, 0.15) is 5.82 Å². The summed E-state index contributed by atoms with van der Waals surface area (Å²) in [6, 6.07) is 8.50. The van der Waals surface area contributed by atoms with Crippen LogP contribution in [-0.2, 0) is 26.1 Å². The van der Waals surface area contributed by atoms with Crippen LogP contribution in [0.1, 0.15) is 41.4 Å². The molecule has 1 aliphatic carbocycles. The molecule has 2 aromatic heterocycles. The summed E-state index contributed by atoms with van der Waals surface area (Å²) in [6.45, 7) is 7.12. The number of nitrogens with one attached hydrogen (secondary N) is 1. The lowest BCUT2D eigenvalue weighted by molar-refractivity contribution is 0.242. The summed E-state index contributed by atoms with van der Waals surface area (Å²) < 4.78 is 2.24. The summed E-state index contributed by atoms with van der Waals surface area (Å²) in [4.78, 5) is 22.7. The fraction of sp³-hybridized carbons (Fsp3) is 0.364. The Morgan fingerprint density at radius 3 is 2.96 bits per heavy atom. The van der Waals surface area contributed by atoms with Gasteiger partial charge in [0.05, 0.1) is 11.3 Å². The van der Waals surface area contributed by atoms with Gasteiger partial charge in [-0.2, -0.15) is 0 Å². The second-order valence-corrected chi connectivity index (χ2v) is 7.72. The van der Waals surface area contributed by atoms with E-state index in [2.05, 4.69) is 51.5 Å². The Labute approximate surface area is 158 Å². The molecule has 0 atom stereocenters. The molecule has 3 heterocycles. The van der Waals surface area contributed by atoms with Crippen LogP contribution in [0.2, 0.25) is 0 Å². The quantitative estimate of drug-likeness (QED) is 0.710. The van der Waals surface area contributed by atoms with Crippen LogP contribution in [0.4, 0.5) is 0 Å². The van der Waals surface area contributed by atoms with E-state index in [0.717, 1.165) is 56.0 Å². The molecule has 0 radical (unpaired) electrons. The van der Waals surface area contributed by atoms with E-state index >= 15 is 0 Å². The van der Waals surface area contributed by atoms with E-state index in [4.69, 9.17) is 4.98 Å². The summed E-state index contributed by atoms with van der Waals surface area (Å²) in [7, 11) is 0. The van der Waals surface area contributed by atoms with E-state index in [1.807, 2.05) is 6.08 Å². The van der Waals surface area contributed by atoms with Gasteiger partial charge in [-0.25, -0.2) is 4.98 Å². The molecule has 1 saturated carbocycles. The molecule has 1 N–H and O–H groups in total. The first kappa shape index (κ1) is 16.5. The predicted octanol–water partition coefficient (Wildman–Crippen LogP) is 3.35. The number of benzene rings is 1. The van der Waals surface area contributed by atoms with Gasteiger partial charge in [0, 0.05) is 55.6 Å². The first-order chi connectivity index (χ1) is 13.2. The van der Waals surface area contributed by atoms with Crippen molar-refractivity contribution < 1.29 is 0 Å². The average molecular weight is 360 g/mol. The first-order valence-corrected chi connectivity index (χ1v) is 9.75. The van der Waals surface area contributed by atoms with E-state index < -0.39 is 0 Å². The van der Waals surface area contributed by atoms with Crippen molar-refractivity contribution in [3.8, 4) is 0 Å². The van der Waals surface area contributed by atoms with E-state index in [-0.39, 0.29) is 5.56 Å². The van der Waals surface area contributed by atoms with Crippen molar-refractivity contribution in [3.63, 3.8) is 0 Å². The van der Waals surface area contributed by atoms with Gasteiger partial charge in [0.15, 0.2) is 0 Å². The van der Waals surface area contributed by atoms with Crippen molar-refractivity contribution in [3.05, 3.63) is 76.1 Å². The Morgan fingerprint density at radius 1 is 1.30 bits per heavy atom. The highest BCUT2D eigenvalue weighted by Crippen LogP contribution is 2.37. The van der Waals surface area contributed by atoms with Crippen LogP contribution in [0.3, 0.4) is 0 Å². The minimum absolute atomic E-state index is 0.0562. The second kappa shape index (κ2) is 6.50. The third-order valence-electron chi connectivity index (χ3n) is 5.72. The Balaban J connectivity index is 1.42. The highest BCUT2D eigenvalue weighted by atomic mass is 16.1. The fourth-order valence-electron chi connectivity index (χ4n) is 4.17. The third kappa shape index (κ3) is 3.02. The minimum Gasteiger partial charge on any atom is -0.343 e. The van der Waals surface area contributed by atoms with Crippen molar-refractivity contribution in [1.29, 1.82) is 0 Å². The van der Waals surface area contributed by atoms with Crippen LogP contribution in [-0.4, -0.2) is 26.0 Å². The molecule has 1 fully saturated rings. The van der Waals surface area contributed by atoms with Crippen LogP contribution < -0.4 is 5.56 Å². The van der Waals surface area contributed by atoms with Crippen LogP contribution in [0.15, 0.2) is 47.9 Å². The maximum absolute atomic E-state index is 12.6. The topological polar surface area (TPSA) is 53.9 Å². The lowest BCUT2D eigenvalue weighted by Gasteiger charge is -2.27. The molecule has 5 heteroatoms. The molecular formula is C22H24N4O. The smallest absolute Gasteiger partial charge is 0.255 e. The molecule has 0 unspecified atom stereocenters. The number of nitrogens with zero attached hydrogens (tertiary/aromatic N) is 3. The van der Waals surface area contributed by atoms with Gasteiger partial charge in [0.2, 0.25) is 0 Å². The van der Waals surface area contributed by atoms with Crippen LogP contribution in [0.5, 0.6) is 0 Å². The van der Waals surface area contributed by atoms with Gasteiger partial charge in [-0.3, -0.25) is 9.69 Å². The molecule has 5 nitrogen and oxygen atoms in total. The maximum atomic E-state index is 12.6. The van der Waals surface area contributed by atoms with Crippen molar-refractivity contribution in [1.82, 2.24) is 19.4 Å². The molecule has 0 bridgehead atoms. The molecule has 1 aromatic carbocycles. The summed E-state index contributed by atoms with van der Waals surface area (Å²) in [5.41, 5.74) is 4.44. The molecular weight excluding hydrogens is 336 g/mol. The minimum atomic E-state index is 0.0562. The Bertz CT molecular complexity index is 1070. The number of hydrogen-bond acceptors (Lipinski definition) is 3. The standard InChI is InChI=1S/C22H24N4O/c1-2-10-26-13-16(17-5-3-4-6-20(17)26)12-25-11-9-19-18(14-25)22(27)24-21(23-19)15-7-8-15/h2-6,13,15H,1,7-12,14H2,(H,23,24,27). The van der Waals surface area contributed by atoms with E-state index in [1.54, 1.807) is 0 Å². The number of H-pyrrole nitrogens is 1. The van der Waals surface area contributed by atoms with Gasteiger partial charge in [-0.15, -0.1) is 6.58 Å². The van der Waals surface area contributed by atoms with Gasteiger partial charge in [0.25, 0.3) is 5.56 Å². The van der Waals surface area contributed by atoms with E-state index in [1.165, 1.54) is 16.5 Å². The summed E-state index contributed by atoms with van der Waals surface area (Å²) >= 11 is 0. The van der Waals surface area contributed by atoms with Crippen LogP contribution >= 0.6 is 0 Å². The lowest BCUT2D eigenvalue weighted by atomic mass is 10.1. The zero-order chi connectivity index (χ0) is 18.4. The molecule has 0 saturated heterocycles. The monoisotopic (exact) mass is 360 g/mol. The second-order valence-electron chi connectivity index (χ2n) is 7.72. The zero-order valence-corrected chi connectivity index (χ0v) is 15.4. The number of hydrogen-bond donors (Lipinski definition) is 1. The van der Waals surface area contributed by atoms with Crippen molar-refractivity contribution in [2.75, 3.05) is 6.54 Å². The lowest BCUT2D eigenvalue weighted by Crippen LogP contribution is -2.35. The Morgan fingerprint density at radius 2 is 2.15 bits per heavy atom. The van der Waals surface area contributed by atoms with Gasteiger partial charge < -0.3 is 9.55 Å². The van der Waals surface area contributed by atoms with Crippen LogP contribution in [0, 0.1) is 0 Å². The molecule has 3 aromatic rings. The summed E-state index contributed by atoms with van der Waals surface area (Å²) in [6.07, 6.45) is 7.31. The molecule has 5 rings (SSSR count). The van der Waals surface area contributed by atoms with Crippen molar-refractivity contribution >= 4 is 10.9 Å². The van der Waals surface area contributed by atoms with Crippen LogP contribution in [0.25, 0.3) is 10.9 Å². The molecule has 138 valence electrons. The van der Waals surface area contributed by atoms with Crippen molar-refractivity contribution in [2.45, 2.75) is 44.8 Å². The van der Waals surface area contributed by atoms with Crippen molar-refractivity contribution in [2.24, 2.45) is 0 Å². The molecule has 0 amide bonds. The number of allylic oxidation sites excluding steroid dienone is 1. The maximum Gasteiger partial charge on any atom is 0.255 e. The van der Waals surface area contributed by atoms with E-state index in [0.29, 0.717) is 12.5 Å². The zero-order valence-electron chi connectivity index (χ0n) is 15.4.